The minimum absolute atomic E-state index is 0.314. The van der Waals surface area contributed by atoms with Gasteiger partial charge in [0.1, 0.15) is 0 Å². The molecule has 2 N–H and O–H groups in total. The minimum atomic E-state index is -3.50. The zero-order chi connectivity index (χ0) is 15.6. The largest absolute Gasteiger partial charge is 0.398 e. The number of nitrogens with two attached hydrogens (primary N) is 1. The molecule has 21 heavy (non-hydrogen) atoms. The Morgan fingerprint density at radius 1 is 1.29 bits per heavy atom. The molecule has 1 aliphatic rings. The number of anilines is 1. The standard InChI is InChI=1S/C15H24N2O3S/c1-11-8-14(16)12(2)15(9-11)21(18,19)17(3)10-13-4-6-20-7-5-13/h8-9,13H,4-7,10,16H2,1-3H3. The number of hydrogen-bond donors (Lipinski definition) is 1. The van der Waals surface area contributed by atoms with Crippen molar-refractivity contribution in [1.82, 2.24) is 4.31 Å². The van der Waals surface area contributed by atoms with E-state index in [4.69, 9.17) is 10.5 Å². The van der Waals surface area contributed by atoms with Gasteiger partial charge >= 0.3 is 0 Å². The van der Waals surface area contributed by atoms with Crippen LogP contribution in [0.2, 0.25) is 0 Å². The Kier molecular flexibility index (Phi) is 4.91. The molecule has 0 aliphatic carbocycles. The van der Waals surface area contributed by atoms with E-state index in [1.165, 1.54) is 4.31 Å². The van der Waals surface area contributed by atoms with E-state index in [0.29, 0.717) is 28.6 Å². The van der Waals surface area contributed by atoms with Gasteiger partial charge in [-0.25, -0.2) is 12.7 Å². The molecule has 0 spiro atoms. The van der Waals surface area contributed by atoms with Crippen LogP contribution in [0.15, 0.2) is 17.0 Å². The van der Waals surface area contributed by atoms with Crippen molar-refractivity contribution in [1.29, 1.82) is 0 Å². The summed E-state index contributed by atoms with van der Waals surface area (Å²) in [4.78, 5) is 0.314. The second-order valence-electron chi connectivity index (χ2n) is 5.82. The van der Waals surface area contributed by atoms with E-state index in [1.807, 2.05) is 6.92 Å². The molecule has 0 amide bonds. The Balaban J connectivity index is 2.24. The molecule has 118 valence electrons. The zero-order valence-electron chi connectivity index (χ0n) is 12.9. The summed E-state index contributed by atoms with van der Waals surface area (Å²) in [5, 5.41) is 0. The third-order valence-electron chi connectivity index (χ3n) is 4.09. The molecule has 1 fully saturated rings. The van der Waals surface area contributed by atoms with Gasteiger partial charge in [0.2, 0.25) is 10.0 Å². The first-order valence-electron chi connectivity index (χ1n) is 7.23. The summed E-state index contributed by atoms with van der Waals surface area (Å²) in [7, 11) is -1.86. The van der Waals surface area contributed by atoms with E-state index in [-0.39, 0.29) is 0 Å². The highest BCUT2D eigenvalue weighted by Gasteiger charge is 2.27. The molecule has 0 saturated carbocycles. The number of aryl methyl sites for hydroxylation is 1. The Morgan fingerprint density at radius 3 is 2.52 bits per heavy atom. The van der Waals surface area contributed by atoms with Crippen LogP contribution in [0.1, 0.15) is 24.0 Å². The highest BCUT2D eigenvalue weighted by molar-refractivity contribution is 7.89. The lowest BCUT2D eigenvalue weighted by atomic mass is 10.0. The maximum absolute atomic E-state index is 12.8. The average Bonchev–Trinajstić information content (AvgIpc) is 2.43. The van der Waals surface area contributed by atoms with Crippen molar-refractivity contribution in [2.45, 2.75) is 31.6 Å². The Hall–Kier alpha value is -1.11. The molecule has 1 aromatic rings. The van der Waals surface area contributed by atoms with Crippen LogP contribution in [0.25, 0.3) is 0 Å². The third kappa shape index (κ3) is 3.56. The second kappa shape index (κ2) is 6.34. The number of benzene rings is 1. The lowest BCUT2D eigenvalue weighted by Gasteiger charge is -2.27. The molecule has 0 unspecified atom stereocenters. The van der Waals surface area contributed by atoms with Crippen molar-refractivity contribution in [2.24, 2.45) is 5.92 Å². The molecule has 1 aliphatic heterocycles. The normalized spacial score (nSPS) is 17.3. The summed E-state index contributed by atoms with van der Waals surface area (Å²) in [6, 6.07) is 3.49. The first-order valence-corrected chi connectivity index (χ1v) is 8.67. The molecule has 1 aromatic carbocycles. The first kappa shape index (κ1) is 16.3. The second-order valence-corrected chi connectivity index (χ2v) is 7.83. The van der Waals surface area contributed by atoms with Crippen LogP contribution in [-0.4, -0.2) is 39.5 Å². The molecule has 0 radical (unpaired) electrons. The van der Waals surface area contributed by atoms with Gasteiger partial charge in [-0.15, -0.1) is 0 Å². The van der Waals surface area contributed by atoms with Crippen LogP contribution in [0.5, 0.6) is 0 Å². The van der Waals surface area contributed by atoms with E-state index >= 15 is 0 Å². The molecule has 0 atom stereocenters. The lowest BCUT2D eigenvalue weighted by Crippen LogP contribution is -2.34. The Bertz CT molecular complexity index is 608. The van der Waals surface area contributed by atoms with Crippen LogP contribution in [0.3, 0.4) is 0 Å². The highest BCUT2D eigenvalue weighted by atomic mass is 32.2. The van der Waals surface area contributed by atoms with Gasteiger partial charge < -0.3 is 10.5 Å². The van der Waals surface area contributed by atoms with Crippen molar-refractivity contribution in [3.63, 3.8) is 0 Å². The molecule has 0 bridgehead atoms. The predicted octanol–water partition coefficient (Wildman–Crippen LogP) is 1.93. The molecule has 5 nitrogen and oxygen atoms in total. The van der Waals surface area contributed by atoms with Crippen LogP contribution in [0, 0.1) is 19.8 Å². The fourth-order valence-electron chi connectivity index (χ4n) is 2.68. The van der Waals surface area contributed by atoms with Crippen LogP contribution < -0.4 is 5.73 Å². The maximum atomic E-state index is 12.8. The smallest absolute Gasteiger partial charge is 0.243 e. The first-order chi connectivity index (χ1) is 9.82. The molecule has 1 saturated heterocycles. The van der Waals surface area contributed by atoms with Crippen molar-refractivity contribution in [2.75, 3.05) is 32.5 Å². The topological polar surface area (TPSA) is 72.6 Å². The molecule has 2 rings (SSSR count). The fourth-order valence-corrected chi connectivity index (χ4v) is 4.26. The molecular formula is C15H24N2O3S. The third-order valence-corrected chi connectivity index (χ3v) is 6.04. The Labute approximate surface area is 127 Å². The van der Waals surface area contributed by atoms with Gasteiger partial charge in [-0.05, 0) is 55.9 Å². The monoisotopic (exact) mass is 312 g/mol. The van der Waals surface area contributed by atoms with Gasteiger partial charge in [0.15, 0.2) is 0 Å². The maximum Gasteiger partial charge on any atom is 0.243 e. The minimum Gasteiger partial charge on any atom is -0.398 e. The quantitative estimate of drug-likeness (QED) is 0.862. The summed E-state index contributed by atoms with van der Waals surface area (Å²) in [6.45, 7) is 5.57. The van der Waals surface area contributed by atoms with Crippen LogP contribution in [0.4, 0.5) is 5.69 Å². The molecule has 0 aromatic heterocycles. The number of hydrogen-bond acceptors (Lipinski definition) is 4. The van der Waals surface area contributed by atoms with E-state index in [2.05, 4.69) is 0 Å². The van der Waals surface area contributed by atoms with E-state index < -0.39 is 10.0 Å². The highest BCUT2D eigenvalue weighted by Crippen LogP contribution is 2.26. The van der Waals surface area contributed by atoms with Crippen LogP contribution >= 0.6 is 0 Å². The van der Waals surface area contributed by atoms with E-state index in [1.54, 1.807) is 26.1 Å². The predicted molar refractivity (Wildman–Crippen MR) is 83.7 cm³/mol. The summed E-state index contributed by atoms with van der Waals surface area (Å²) in [5.74, 6) is 0.362. The van der Waals surface area contributed by atoms with E-state index in [9.17, 15) is 8.42 Å². The van der Waals surface area contributed by atoms with Crippen molar-refractivity contribution < 1.29 is 13.2 Å². The number of ether oxygens (including phenoxy) is 1. The van der Waals surface area contributed by atoms with Gasteiger partial charge in [0.05, 0.1) is 4.90 Å². The van der Waals surface area contributed by atoms with E-state index in [0.717, 1.165) is 31.6 Å². The summed E-state index contributed by atoms with van der Waals surface area (Å²) < 4.78 is 32.3. The summed E-state index contributed by atoms with van der Waals surface area (Å²) >= 11 is 0. The van der Waals surface area contributed by atoms with Gasteiger partial charge in [-0.2, -0.15) is 0 Å². The molecular weight excluding hydrogens is 288 g/mol. The average molecular weight is 312 g/mol. The van der Waals surface area contributed by atoms with Gasteiger partial charge in [0.25, 0.3) is 0 Å². The fraction of sp³-hybridized carbons (Fsp3) is 0.600. The van der Waals surface area contributed by atoms with Gasteiger partial charge in [-0.1, -0.05) is 0 Å². The number of rotatable bonds is 4. The lowest BCUT2D eigenvalue weighted by molar-refractivity contribution is 0.0620. The van der Waals surface area contributed by atoms with Gasteiger partial charge in [0, 0.05) is 32.5 Å². The number of nitrogen functional groups attached to an aromatic ring is 1. The van der Waals surface area contributed by atoms with Crippen molar-refractivity contribution in [3.05, 3.63) is 23.3 Å². The van der Waals surface area contributed by atoms with Crippen molar-refractivity contribution >= 4 is 15.7 Å². The summed E-state index contributed by atoms with van der Waals surface area (Å²) in [5.41, 5.74) is 7.91. The molecule has 6 heteroatoms. The van der Waals surface area contributed by atoms with Gasteiger partial charge in [-0.3, -0.25) is 0 Å². The number of nitrogens with zero attached hydrogens (tertiary/aromatic N) is 1. The van der Waals surface area contributed by atoms with Crippen LogP contribution in [-0.2, 0) is 14.8 Å². The zero-order valence-corrected chi connectivity index (χ0v) is 13.7. The summed E-state index contributed by atoms with van der Waals surface area (Å²) in [6.07, 6.45) is 1.82. The number of sulfonamides is 1. The molecule has 1 heterocycles. The van der Waals surface area contributed by atoms with Crippen molar-refractivity contribution in [3.8, 4) is 0 Å². The Morgan fingerprint density at radius 2 is 1.90 bits per heavy atom. The SMILES string of the molecule is Cc1cc(N)c(C)c(S(=O)(=O)N(C)CC2CCOCC2)c1.